The van der Waals surface area contributed by atoms with E-state index in [4.69, 9.17) is 23.2 Å². The number of hydrogen-bond donors (Lipinski definition) is 0. The summed E-state index contributed by atoms with van der Waals surface area (Å²) in [5.74, 6) is -1.21. The number of hydrogen-bond acceptors (Lipinski definition) is 1. The fourth-order valence-corrected chi connectivity index (χ4v) is 1.36. The van der Waals surface area contributed by atoms with Gasteiger partial charge in [-0.15, -0.1) is 11.6 Å². The van der Waals surface area contributed by atoms with E-state index in [2.05, 4.69) is 4.98 Å². The molecule has 1 aromatic heterocycles. The SMILES string of the molecule is Fc1cc(Cl)c(C(F)F)c(CCl)n1. The van der Waals surface area contributed by atoms with Crippen LogP contribution in [-0.2, 0) is 5.88 Å². The fraction of sp³-hybridized carbons (Fsp3) is 0.286. The first-order valence-corrected chi connectivity index (χ1v) is 4.16. The van der Waals surface area contributed by atoms with Crippen LogP contribution in [0.1, 0.15) is 17.7 Å². The van der Waals surface area contributed by atoms with Crippen molar-refractivity contribution in [3.8, 4) is 0 Å². The average molecular weight is 230 g/mol. The largest absolute Gasteiger partial charge is 0.267 e. The minimum atomic E-state index is -2.80. The van der Waals surface area contributed by atoms with E-state index in [9.17, 15) is 13.2 Å². The summed E-state index contributed by atoms with van der Waals surface area (Å²) in [4.78, 5) is 3.21. The van der Waals surface area contributed by atoms with E-state index in [1.165, 1.54) is 0 Å². The molecule has 13 heavy (non-hydrogen) atoms. The van der Waals surface area contributed by atoms with Gasteiger partial charge in [-0.1, -0.05) is 11.6 Å². The Morgan fingerprint density at radius 1 is 1.46 bits per heavy atom. The smallest absolute Gasteiger partial charge is 0.223 e. The highest BCUT2D eigenvalue weighted by atomic mass is 35.5. The maximum atomic E-state index is 12.6. The Balaban J connectivity index is 3.30. The van der Waals surface area contributed by atoms with Gasteiger partial charge in [-0.3, -0.25) is 0 Å². The van der Waals surface area contributed by atoms with E-state index in [-0.39, 0.29) is 16.6 Å². The Morgan fingerprint density at radius 2 is 2.08 bits per heavy atom. The van der Waals surface area contributed by atoms with Gasteiger partial charge < -0.3 is 0 Å². The normalized spacial score (nSPS) is 10.9. The summed E-state index contributed by atoms with van der Waals surface area (Å²) in [5, 5.41) is -0.349. The van der Waals surface area contributed by atoms with Gasteiger partial charge in [-0.05, 0) is 0 Å². The van der Waals surface area contributed by atoms with E-state index < -0.39 is 17.9 Å². The second-order valence-corrected chi connectivity index (χ2v) is 2.90. The van der Waals surface area contributed by atoms with E-state index in [0.29, 0.717) is 0 Å². The minimum absolute atomic E-state index is 0.221. The van der Waals surface area contributed by atoms with Gasteiger partial charge in [-0.25, -0.2) is 13.8 Å². The van der Waals surface area contributed by atoms with Crippen LogP contribution in [0, 0.1) is 5.95 Å². The lowest BCUT2D eigenvalue weighted by Crippen LogP contribution is -1.99. The predicted octanol–water partition coefficient (Wildman–Crippen LogP) is 3.55. The van der Waals surface area contributed by atoms with Crippen LogP contribution in [0.3, 0.4) is 0 Å². The average Bonchev–Trinajstić information content (AvgIpc) is 2.01. The predicted molar refractivity (Wildman–Crippen MR) is 43.7 cm³/mol. The fourth-order valence-electron chi connectivity index (χ4n) is 0.874. The molecule has 1 nitrogen and oxygen atoms in total. The molecule has 0 N–H and O–H groups in total. The van der Waals surface area contributed by atoms with Crippen LogP contribution in [0.15, 0.2) is 6.07 Å². The second-order valence-electron chi connectivity index (χ2n) is 2.22. The van der Waals surface area contributed by atoms with Crippen LogP contribution in [-0.4, -0.2) is 4.98 Å². The lowest BCUT2D eigenvalue weighted by Gasteiger charge is -2.06. The van der Waals surface area contributed by atoms with Gasteiger partial charge >= 0.3 is 0 Å². The third-order valence-corrected chi connectivity index (χ3v) is 1.97. The Hall–Kier alpha value is -0.480. The molecule has 0 atom stereocenters. The molecule has 0 aliphatic carbocycles. The molecule has 0 saturated heterocycles. The molecule has 0 unspecified atom stereocenters. The van der Waals surface area contributed by atoms with Crippen molar-refractivity contribution in [3.05, 3.63) is 28.3 Å². The molecule has 1 rings (SSSR count). The quantitative estimate of drug-likeness (QED) is 0.559. The van der Waals surface area contributed by atoms with Crippen molar-refractivity contribution < 1.29 is 13.2 Å². The van der Waals surface area contributed by atoms with Crippen molar-refractivity contribution in [3.63, 3.8) is 0 Å². The van der Waals surface area contributed by atoms with Gasteiger partial charge in [-0.2, -0.15) is 4.39 Å². The number of alkyl halides is 3. The molecule has 0 aromatic carbocycles. The summed E-state index contributed by atoms with van der Waals surface area (Å²) in [6.45, 7) is 0. The van der Waals surface area contributed by atoms with Gasteiger partial charge in [0.1, 0.15) is 0 Å². The maximum Gasteiger partial charge on any atom is 0.267 e. The molecule has 0 saturated carbocycles. The van der Waals surface area contributed by atoms with Crippen molar-refractivity contribution in [1.29, 1.82) is 0 Å². The molecule has 0 aliphatic heterocycles. The van der Waals surface area contributed by atoms with Gasteiger partial charge in [0.15, 0.2) is 0 Å². The number of halogens is 5. The van der Waals surface area contributed by atoms with Crippen LogP contribution in [0.4, 0.5) is 13.2 Å². The number of aromatic nitrogens is 1. The van der Waals surface area contributed by atoms with Gasteiger partial charge in [0.05, 0.1) is 22.2 Å². The highest BCUT2D eigenvalue weighted by molar-refractivity contribution is 6.31. The highest BCUT2D eigenvalue weighted by Crippen LogP contribution is 2.30. The molecule has 1 heterocycles. The second kappa shape index (κ2) is 4.15. The molecular formula is C7H4Cl2F3N. The summed E-state index contributed by atoms with van der Waals surface area (Å²) < 4.78 is 37.2. The molecule has 0 amide bonds. The topological polar surface area (TPSA) is 12.9 Å². The summed E-state index contributed by atoms with van der Waals surface area (Å²) in [6.07, 6.45) is -2.80. The first-order valence-electron chi connectivity index (χ1n) is 3.25. The summed E-state index contributed by atoms with van der Waals surface area (Å²) in [5.41, 5.74) is -0.722. The molecule has 0 bridgehead atoms. The van der Waals surface area contributed by atoms with Gasteiger partial charge in [0.2, 0.25) is 5.95 Å². The van der Waals surface area contributed by atoms with Gasteiger partial charge in [0.25, 0.3) is 6.43 Å². The third kappa shape index (κ3) is 2.25. The Bertz CT molecular complexity index is 317. The van der Waals surface area contributed by atoms with Crippen LogP contribution in [0.2, 0.25) is 5.02 Å². The van der Waals surface area contributed by atoms with Gasteiger partial charge in [0, 0.05) is 6.07 Å². The van der Waals surface area contributed by atoms with E-state index in [0.717, 1.165) is 6.07 Å². The Labute approximate surface area is 82.5 Å². The van der Waals surface area contributed by atoms with Crippen molar-refractivity contribution in [2.24, 2.45) is 0 Å². The zero-order valence-corrected chi connectivity index (χ0v) is 7.71. The number of pyridine rings is 1. The van der Waals surface area contributed by atoms with Crippen LogP contribution in [0.25, 0.3) is 0 Å². The number of nitrogens with zero attached hydrogens (tertiary/aromatic N) is 1. The van der Waals surface area contributed by atoms with Crippen molar-refractivity contribution in [2.45, 2.75) is 12.3 Å². The standard InChI is InChI=1S/C7H4Cl2F3N/c8-2-4-6(7(11)12)3(9)1-5(10)13-4/h1,7H,2H2. The van der Waals surface area contributed by atoms with Crippen molar-refractivity contribution in [1.82, 2.24) is 4.98 Å². The minimum Gasteiger partial charge on any atom is -0.223 e. The number of rotatable bonds is 2. The van der Waals surface area contributed by atoms with E-state index in [1.807, 2.05) is 0 Å². The summed E-state index contributed by atoms with van der Waals surface area (Å²) in [7, 11) is 0. The van der Waals surface area contributed by atoms with E-state index >= 15 is 0 Å². The van der Waals surface area contributed by atoms with Crippen LogP contribution in [0.5, 0.6) is 0 Å². The first-order chi connectivity index (χ1) is 6.06. The first kappa shape index (κ1) is 10.6. The third-order valence-electron chi connectivity index (χ3n) is 1.40. The molecule has 0 fully saturated rings. The lowest BCUT2D eigenvalue weighted by atomic mass is 10.2. The van der Waals surface area contributed by atoms with Crippen LogP contribution >= 0.6 is 23.2 Å². The van der Waals surface area contributed by atoms with Crippen LogP contribution < -0.4 is 0 Å². The Kier molecular flexibility index (Phi) is 3.39. The van der Waals surface area contributed by atoms with Crippen molar-refractivity contribution in [2.75, 3.05) is 0 Å². The monoisotopic (exact) mass is 229 g/mol. The molecule has 72 valence electrons. The molecule has 0 aliphatic rings. The summed E-state index contributed by atoms with van der Waals surface area (Å²) >= 11 is 10.7. The molecule has 1 aromatic rings. The highest BCUT2D eigenvalue weighted by Gasteiger charge is 2.19. The Morgan fingerprint density at radius 3 is 2.54 bits per heavy atom. The zero-order chi connectivity index (χ0) is 10.0. The molecule has 6 heteroatoms. The molecule has 0 radical (unpaired) electrons. The molecular weight excluding hydrogens is 226 g/mol. The maximum absolute atomic E-state index is 12.6. The summed E-state index contributed by atoms with van der Waals surface area (Å²) in [6, 6.07) is 0.735. The lowest BCUT2D eigenvalue weighted by molar-refractivity contribution is 0.150. The van der Waals surface area contributed by atoms with E-state index in [1.54, 1.807) is 0 Å². The molecule has 0 spiro atoms. The van der Waals surface area contributed by atoms with Crippen molar-refractivity contribution >= 4 is 23.2 Å². The zero-order valence-electron chi connectivity index (χ0n) is 6.20.